The summed E-state index contributed by atoms with van der Waals surface area (Å²) in [5.41, 5.74) is 0.639. The second-order valence-corrected chi connectivity index (χ2v) is 3.73. The van der Waals surface area contributed by atoms with Gasteiger partial charge in [-0.15, -0.1) is 0 Å². The van der Waals surface area contributed by atoms with E-state index in [1.54, 1.807) is 14.2 Å². The smallest absolute Gasteiger partial charge is 0.174 e. The molecule has 0 saturated carbocycles. The molecule has 0 N–H and O–H groups in total. The molecule has 0 fully saturated rings. The van der Waals surface area contributed by atoms with Crippen LogP contribution < -0.4 is 0 Å². The highest BCUT2D eigenvalue weighted by atomic mass is 16.7. The van der Waals surface area contributed by atoms with E-state index in [0.717, 1.165) is 10.8 Å². The summed E-state index contributed by atoms with van der Waals surface area (Å²) in [7, 11) is 3.17. The summed E-state index contributed by atoms with van der Waals surface area (Å²) in [6.45, 7) is 0.505. The Bertz CT molecular complexity index is 550. The van der Waals surface area contributed by atoms with Crippen molar-refractivity contribution in [2.45, 2.75) is 12.8 Å². The summed E-state index contributed by atoms with van der Waals surface area (Å²) in [6, 6.07) is 10.0. The Balaban J connectivity index is 2.44. The van der Waals surface area contributed by atoms with Gasteiger partial charge in [-0.2, -0.15) is 5.26 Å². The molecule has 4 nitrogen and oxygen atoms in total. The van der Waals surface area contributed by atoms with Gasteiger partial charge in [0.2, 0.25) is 0 Å². The van der Waals surface area contributed by atoms with Crippen molar-refractivity contribution in [1.29, 1.82) is 5.26 Å². The predicted molar refractivity (Wildman–Crippen MR) is 64.5 cm³/mol. The van der Waals surface area contributed by atoms with Crippen LogP contribution >= 0.6 is 0 Å². The van der Waals surface area contributed by atoms with Crippen molar-refractivity contribution in [2.75, 3.05) is 14.2 Å². The quantitative estimate of drug-likeness (QED) is 0.756. The molecule has 0 amide bonds. The van der Waals surface area contributed by atoms with Crippen LogP contribution in [0.4, 0.5) is 0 Å². The van der Waals surface area contributed by atoms with Gasteiger partial charge in [0.15, 0.2) is 6.29 Å². The average Bonchev–Trinajstić information content (AvgIpc) is 2.72. The minimum Gasteiger partial charge on any atom is -0.354 e. The monoisotopic (exact) mass is 230 g/mol. The first-order valence-electron chi connectivity index (χ1n) is 5.33. The Hall–Kier alpha value is -1.83. The summed E-state index contributed by atoms with van der Waals surface area (Å²) in [6.07, 6.45) is 1.60. The van der Waals surface area contributed by atoms with Crippen molar-refractivity contribution in [3.63, 3.8) is 0 Å². The molecule has 1 aromatic heterocycles. The minimum absolute atomic E-state index is 0.344. The van der Waals surface area contributed by atoms with E-state index >= 15 is 0 Å². The fraction of sp³-hybridized carbons (Fsp3) is 0.308. The van der Waals surface area contributed by atoms with Crippen molar-refractivity contribution in [2.24, 2.45) is 0 Å². The number of nitrogens with zero attached hydrogens (tertiary/aromatic N) is 2. The molecule has 17 heavy (non-hydrogen) atoms. The van der Waals surface area contributed by atoms with E-state index in [0.29, 0.717) is 12.2 Å². The SMILES string of the molecule is COC(Cn1cc2ccccc2c1C#N)OC. The first kappa shape index (κ1) is 11.6. The van der Waals surface area contributed by atoms with Gasteiger partial charge in [0, 0.05) is 31.2 Å². The van der Waals surface area contributed by atoms with Crippen LogP contribution in [0.5, 0.6) is 0 Å². The Morgan fingerprint density at radius 1 is 1.29 bits per heavy atom. The van der Waals surface area contributed by atoms with Crippen LogP contribution in [-0.4, -0.2) is 25.1 Å². The highest BCUT2D eigenvalue weighted by molar-refractivity contribution is 5.87. The molecule has 0 atom stereocenters. The third kappa shape index (κ3) is 2.16. The molecule has 0 unspecified atom stereocenters. The molecule has 0 bridgehead atoms. The highest BCUT2D eigenvalue weighted by Gasteiger charge is 2.12. The molecule has 1 aromatic carbocycles. The maximum Gasteiger partial charge on any atom is 0.174 e. The number of aromatic nitrogens is 1. The van der Waals surface area contributed by atoms with Crippen molar-refractivity contribution >= 4 is 10.8 Å². The van der Waals surface area contributed by atoms with Crippen molar-refractivity contribution in [1.82, 2.24) is 4.57 Å². The van der Waals surface area contributed by atoms with Crippen LogP contribution in [0.3, 0.4) is 0 Å². The van der Waals surface area contributed by atoms with E-state index < -0.39 is 0 Å². The van der Waals surface area contributed by atoms with E-state index in [4.69, 9.17) is 9.47 Å². The van der Waals surface area contributed by atoms with E-state index in [2.05, 4.69) is 6.07 Å². The zero-order valence-electron chi connectivity index (χ0n) is 9.88. The normalized spacial score (nSPS) is 10.9. The Labute approximate surface area is 100.0 Å². The lowest BCUT2D eigenvalue weighted by atomic mass is 10.2. The number of ether oxygens (including phenoxy) is 2. The maximum absolute atomic E-state index is 9.21. The lowest BCUT2D eigenvalue weighted by Crippen LogP contribution is -2.20. The lowest BCUT2D eigenvalue weighted by Gasteiger charge is -2.14. The summed E-state index contributed by atoms with van der Waals surface area (Å²) in [5.74, 6) is 0. The standard InChI is InChI=1S/C13H14N2O2/c1-16-13(17-2)9-15-8-10-5-3-4-6-11(10)12(15)7-14/h3-6,8,13H,9H2,1-2H3. The van der Waals surface area contributed by atoms with Crippen molar-refractivity contribution < 1.29 is 9.47 Å². The van der Waals surface area contributed by atoms with Crippen LogP contribution in [-0.2, 0) is 16.0 Å². The summed E-state index contributed by atoms with van der Waals surface area (Å²) in [4.78, 5) is 0. The highest BCUT2D eigenvalue weighted by Crippen LogP contribution is 2.20. The molecule has 0 saturated heterocycles. The zero-order chi connectivity index (χ0) is 12.3. The largest absolute Gasteiger partial charge is 0.354 e. The molecule has 0 radical (unpaired) electrons. The summed E-state index contributed by atoms with van der Waals surface area (Å²) in [5, 5.41) is 11.2. The van der Waals surface area contributed by atoms with Crippen molar-refractivity contribution in [3.05, 3.63) is 36.2 Å². The number of methoxy groups -OCH3 is 2. The molecule has 4 heteroatoms. The lowest BCUT2D eigenvalue weighted by molar-refractivity contribution is -0.110. The number of nitriles is 1. The van der Waals surface area contributed by atoms with Crippen molar-refractivity contribution in [3.8, 4) is 6.07 Å². The van der Waals surface area contributed by atoms with Gasteiger partial charge in [0.1, 0.15) is 11.8 Å². The first-order chi connectivity index (χ1) is 8.30. The molecular formula is C13H14N2O2. The van der Waals surface area contributed by atoms with E-state index in [1.807, 2.05) is 35.0 Å². The average molecular weight is 230 g/mol. The van der Waals surface area contributed by atoms with E-state index in [9.17, 15) is 5.26 Å². The number of hydrogen-bond donors (Lipinski definition) is 0. The predicted octanol–water partition coefficient (Wildman–Crippen LogP) is 2.13. The van der Waals surface area contributed by atoms with Crippen LogP contribution in [0, 0.1) is 11.3 Å². The van der Waals surface area contributed by atoms with Gasteiger partial charge in [0.25, 0.3) is 0 Å². The fourth-order valence-corrected chi connectivity index (χ4v) is 1.89. The van der Waals surface area contributed by atoms with Gasteiger partial charge in [-0.05, 0) is 0 Å². The van der Waals surface area contributed by atoms with Gasteiger partial charge < -0.3 is 14.0 Å². The Kier molecular flexibility index (Phi) is 3.43. The number of benzene rings is 1. The molecule has 0 aliphatic heterocycles. The maximum atomic E-state index is 9.21. The number of rotatable bonds is 4. The molecular weight excluding hydrogens is 216 g/mol. The molecule has 2 rings (SSSR count). The molecule has 0 aliphatic carbocycles. The number of fused-ring (bicyclic) bond motifs is 1. The molecule has 2 aromatic rings. The van der Waals surface area contributed by atoms with Crippen LogP contribution in [0.1, 0.15) is 5.69 Å². The molecule has 88 valence electrons. The van der Waals surface area contributed by atoms with E-state index in [1.165, 1.54) is 0 Å². The fourth-order valence-electron chi connectivity index (χ4n) is 1.89. The van der Waals surface area contributed by atoms with Crippen LogP contribution in [0.25, 0.3) is 10.8 Å². The summed E-state index contributed by atoms with van der Waals surface area (Å²) < 4.78 is 12.2. The Morgan fingerprint density at radius 3 is 2.65 bits per heavy atom. The second kappa shape index (κ2) is 5.00. The zero-order valence-corrected chi connectivity index (χ0v) is 9.88. The van der Waals surface area contributed by atoms with Gasteiger partial charge in [-0.3, -0.25) is 0 Å². The summed E-state index contributed by atoms with van der Waals surface area (Å²) >= 11 is 0. The van der Waals surface area contributed by atoms with Crippen LogP contribution in [0.15, 0.2) is 30.5 Å². The van der Waals surface area contributed by atoms with Gasteiger partial charge >= 0.3 is 0 Å². The molecule has 1 heterocycles. The molecule has 0 aliphatic rings. The molecule has 0 spiro atoms. The van der Waals surface area contributed by atoms with E-state index in [-0.39, 0.29) is 6.29 Å². The first-order valence-corrected chi connectivity index (χ1v) is 5.33. The van der Waals surface area contributed by atoms with Gasteiger partial charge in [-0.25, -0.2) is 0 Å². The third-order valence-electron chi connectivity index (χ3n) is 2.78. The van der Waals surface area contributed by atoms with Gasteiger partial charge in [-0.1, -0.05) is 24.3 Å². The topological polar surface area (TPSA) is 47.2 Å². The number of hydrogen-bond acceptors (Lipinski definition) is 3. The third-order valence-corrected chi connectivity index (χ3v) is 2.78. The second-order valence-electron chi connectivity index (χ2n) is 3.73. The van der Waals surface area contributed by atoms with Crippen LogP contribution in [0.2, 0.25) is 0 Å². The van der Waals surface area contributed by atoms with Gasteiger partial charge in [0.05, 0.1) is 6.54 Å². The minimum atomic E-state index is -0.344. The Morgan fingerprint density at radius 2 is 2.00 bits per heavy atom.